The number of nitrogens with zero attached hydrogens (tertiary/aromatic N) is 1. The molecule has 0 fully saturated rings. The third kappa shape index (κ3) is 1.16. The Morgan fingerprint density at radius 2 is 2.17 bits per heavy atom. The van der Waals surface area contributed by atoms with E-state index in [2.05, 4.69) is 0 Å². The van der Waals surface area contributed by atoms with Crippen molar-refractivity contribution in [3.8, 4) is 0 Å². The van der Waals surface area contributed by atoms with Crippen LogP contribution in [-0.2, 0) is 6.54 Å². The van der Waals surface area contributed by atoms with E-state index >= 15 is 0 Å². The van der Waals surface area contributed by atoms with Gasteiger partial charge in [-0.05, 0) is 12.1 Å². The van der Waals surface area contributed by atoms with E-state index in [4.69, 9.17) is 5.73 Å². The second kappa shape index (κ2) is 2.37. The standard InChI is InChI=1S/C7H7N2O2S/c8-6-2-1-3-7-5(6)4-9(10,11)12-7/h1-3H,4,8H2/q-1. The third-order valence-corrected chi connectivity index (χ3v) is 2.74. The highest BCUT2D eigenvalue weighted by Gasteiger charge is 2.25. The molecule has 0 radical (unpaired) electrons. The Morgan fingerprint density at radius 1 is 1.42 bits per heavy atom. The van der Waals surface area contributed by atoms with Gasteiger partial charge in [0.1, 0.15) is 18.5 Å². The molecule has 0 saturated carbocycles. The Labute approximate surface area is 73.9 Å². The van der Waals surface area contributed by atoms with Crippen LogP contribution in [0, 0.1) is 10.4 Å². The zero-order valence-electron chi connectivity index (χ0n) is 6.19. The lowest BCUT2D eigenvalue weighted by Gasteiger charge is -2.39. The van der Waals surface area contributed by atoms with Crippen LogP contribution in [0.5, 0.6) is 0 Å². The molecule has 1 aromatic carbocycles. The molecule has 0 amide bonds. The molecule has 0 unspecified atom stereocenters. The number of anilines is 1. The number of benzene rings is 1. The van der Waals surface area contributed by atoms with Crippen LogP contribution in [0.25, 0.3) is 0 Å². The molecule has 0 aromatic heterocycles. The summed E-state index contributed by atoms with van der Waals surface area (Å²) in [5.74, 6) is 0. The molecule has 2 rings (SSSR count). The highest BCUT2D eigenvalue weighted by Crippen LogP contribution is 2.43. The van der Waals surface area contributed by atoms with Crippen molar-refractivity contribution in [3.63, 3.8) is 0 Å². The number of hydrogen-bond acceptors (Lipinski definition) is 4. The number of fused-ring (bicyclic) bond motifs is 1. The van der Waals surface area contributed by atoms with E-state index < -0.39 is 4.21 Å². The van der Waals surface area contributed by atoms with Crippen LogP contribution in [0.4, 0.5) is 5.69 Å². The molecule has 0 saturated heterocycles. The summed E-state index contributed by atoms with van der Waals surface area (Å²) in [5, 5.41) is 22.0. The second-order valence-electron chi connectivity index (χ2n) is 2.68. The van der Waals surface area contributed by atoms with Crippen LogP contribution in [0.2, 0.25) is 0 Å². The molecule has 1 aliphatic rings. The van der Waals surface area contributed by atoms with Crippen molar-refractivity contribution in [2.24, 2.45) is 0 Å². The molecule has 12 heavy (non-hydrogen) atoms. The Kier molecular flexibility index (Phi) is 1.55. The summed E-state index contributed by atoms with van der Waals surface area (Å²) in [5.41, 5.74) is 6.81. The predicted molar refractivity (Wildman–Crippen MR) is 47.4 cm³/mol. The van der Waals surface area contributed by atoms with Gasteiger partial charge in [-0.25, -0.2) is 0 Å². The number of quaternary nitrogens is 1. The van der Waals surface area contributed by atoms with Crippen LogP contribution >= 0.6 is 11.9 Å². The minimum absolute atomic E-state index is 0.0767. The first kappa shape index (κ1) is 7.88. The van der Waals surface area contributed by atoms with Gasteiger partial charge in [-0.15, -0.1) is 0 Å². The average Bonchev–Trinajstić information content (AvgIpc) is 2.25. The fourth-order valence-corrected chi connectivity index (χ4v) is 2.14. The molecule has 0 atom stereocenters. The van der Waals surface area contributed by atoms with E-state index in [0.29, 0.717) is 16.1 Å². The Morgan fingerprint density at radius 3 is 2.83 bits per heavy atom. The molecule has 64 valence electrons. The summed E-state index contributed by atoms with van der Waals surface area (Å²) in [7, 11) is 0. The van der Waals surface area contributed by atoms with Gasteiger partial charge < -0.3 is 20.4 Å². The molecule has 5 heteroatoms. The number of nitrogens with two attached hydrogens (primary N) is 1. The molecular formula is C7H7N2O2S-. The van der Waals surface area contributed by atoms with Crippen molar-refractivity contribution >= 4 is 17.6 Å². The van der Waals surface area contributed by atoms with Gasteiger partial charge in [-0.3, -0.25) is 0 Å². The van der Waals surface area contributed by atoms with Gasteiger partial charge >= 0.3 is 0 Å². The van der Waals surface area contributed by atoms with Gasteiger partial charge in [-0.2, -0.15) is 0 Å². The van der Waals surface area contributed by atoms with Crippen molar-refractivity contribution in [2.45, 2.75) is 11.4 Å². The molecule has 1 aliphatic heterocycles. The summed E-state index contributed by atoms with van der Waals surface area (Å²) < 4.78 is -1.55. The maximum absolute atomic E-state index is 11.0. The van der Waals surface area contributed by atoms with Crippen molar-refractivity contribution < 1.29 is 4.21 Å². The summed E-state index contributed by atoms with van der Waals surface area (Å²) in [4.78, 5) is 0.708. The lowest BCUT2D eigenvalue weighted by molar-refractivity contribution is -0.694. The predicted octanol–water partition coefficient (Wildman–Crippen LogP) is 1.60. The largest absolute Gasteiger partial charge is 0.618 e. The fraction of sp³-hybridized carbons (Fsp3) is 0.143. The van der Waals surface area contributed by atoms with Crippen molar-refractivity contribution in [2.75, 3.05) is 5.73 Å². The summed E-state index contributed by atoms with van der Waals surface area (Å²) in [6.45, 7) is -0.0767. The minimum Gasteiger partial charge on any atom is -0.618 e. The highest BCUT2D eigenvalue weighted by atomic mass is 32.2. The zero-order chi connectivity index (χ0) is 8.77. The molecule has 1 aromatic rings. The van der Waals surface area contributed by atoms with Crippen molar-refractivity contribution in [1.29, 1.82) is 0 Å². The van der Waals surface area contributed by atoms with Gasteiger partial charge in [0.25, 0.3) is 0 Å². The molecule has 4 nitrogen and oxygen atoms in total. The topological polar surface area (TPSA) is 72.1 Å². The molecule has 0 spiro atoms. The molecule has 1 heterocycles. The molecule has 0 aliphatic carbocycles. The van der Waals surface area contributed by atoms with E-state index in [-0.39, 0.29) is 6.54 Å². The quantitative estimate of drug-likeness (QED) is 0.287. The zero-order valence-corrected chi connectivity index (χ0v) is 7.00. The van der Waals surface area contributed by atoms with Gasteiger partial charge in [0.2, 0.25) is 0 Å². The first-order chi connectivity index (χ1) is 5.58. The SMILES string of the molecule is Nc1cccc2c1C[N+]([O-])([O-])S2. The van der Waals surface area contributed by atoms with Gasteiger partial charge in [0, 0.05) is 11.3 Å². The van der Waals surface area contributed by atoms with Crippen molar-refractivity contribution in [3.05, 3.63) is 34.2 Å². The van der Waals surface area contributed by atoms with Crippen LogP contribution in [-0.4, -0.2) is 4.21 Å². The summed E-state index contributed by atoms with van der Waals surface area (Å²) in [6, 6.07) is 5.18. The van der Waals surface area contributed by atoms with Gasteiger partial charge in [0.15, 0.2) is 0 Å². The third-order valence-electron chi connectivity index (χ3n) is 1.76. The van der Waals surface area contributed by atoms with E-state index in [1.807, 2.05) is 0 Å². The van der Waals surface area contributed by atoms with Crippen LogP contribution < -0.4 is 5.73 Å². The minimum atomic E-state index is -1.55. The Bertz CT molecular complexity index is 327. The maximum atomic E-state index is 11.0. The smallest absolute Gasteiger partial charge is 0.118 e. The first-order valence-corrected chi connectivity index (χ1v) is 4.23. The summed E-state index contributed by atoms with van der Waals surface area (Å²) in [6.07, 6.45) is 0. The highest BCUT2D eigenvalue weighted by molar-refractivity contribution is 7.94. The lowest BCUT2D eigenvalue weighted by Crippen LogP contribution is -2.20. The fourth-order valence-electron chi connectivity index (χ4n) is 1.21. The lowest BCUT2D eigenvalue weighted by atomic mass is 10.2. The average molecular weight is 183 g/mol. The van der Waals surface area contributed by atoms with Crippen LogP contribution in [0.3, 0.4) is 0 Å². The first-order valence-electron chi connectivity index (χ1n) is 3.45. The van der Waals surface area contributed by atoms with E-state index in [1.54, 1.807) is 18.2 Å². The Hall–Kier alpha value is -0.750. The Balaban J connectivity index is 2.48. The number of hydroxylamine groups is 2. The molecule has 0 bridgehead atoms. The van der Waals surface area contributed by atoms with Gasteiger partial charge in [0.05, 0.1) is 4.90 Å². The van der Waals surface area contributed by atoms with Crippen molar-refractivity contribution in [1.82, 2.24) is 0 Å². The molecular weight excluding hydrogens is 176 g/mol. The van der Waals surface area contributed by atoms with E-state index in [9.17, 15) is 10.4 Å². The van der Waals surface area contributed by atoms with E-state index in [0.717, 1.165) is 11.9 Å². The van der Waals surface area contributed by atoms with E-state index in [1.165, 1.54) is 0 Å². The van der Waals surface area contributed by atoms with Crippen LogP contribution in [0.1, 0.15) is 5.56 Å². The number of hydrogen-bond donors (Lipinski definition) is 1. The number of nitrogen functional groups attached to an aromatic ring is 1. The maximum Gasteiger partial charge on any atom is 0.118 e. The number of rotatable bonds is 0. The van der Waals surface area contributed by atoms with Crippen LogP contribution in [0.15, 0.2) is 23.1 Å². The van der Waals surface area contributed by atoms with Gasteiger partial charge in [-0.1, -0.05) is 6.07 Å². The second-order valence-corrected chi connectivity index (χ2v) is 3.86. The molecule has 2 N–H and O–H groups in total. The normalized spacial score (nSPS) is 19.2. The summed E-state index contributed by atoms with van der Waals surface area (Å²) >= 11 is 0.754. The monoisotopic (exact) mass is 183 g/mol.